The third-order valence-corrected chi connectivity index (χ3v) is 5.20. The molecule has 0 radical (unpaired) electrons. The van der Waals surface area contributed by atoms with Gasteiger partial charge in [0.15, 0.2) is 12.6 Å². The van der Waals surface area contributed by atoms with Crippen molar-refractivity contribution in [1.82, 2.24) is 0 Å². The molecule has 1 aliphatic carbocycles. The largest absolute Gasteiger partial charge is 0.496 e. The molecule has 1 aromatic rings. The number of carbonyl (C=O) groups is 1. The van der Waals surface area contributed by atoms with Crippen molar-refractivity contribution in [2.75, 3.05) is 13.9 Å². The third-order valence-electron chi connectivity index (χ3n) is 5.20. The molecular weight excluding hydrogens is 292 g/mol. The number of benzene rings is 1. The Balaban J connectivity index is 1.88. The predicted molar refractivity (Wildman–Crippen MR) is 87.3 cm³/mol. The van der Waals surface area contributed by atoms with Crippen LogP contribution in [0.3, 0.4) is 0 Å². The van der Waals surface area contributed by atoms with Crippen molar-refractivity contribution in [2.45, 2.75) is 45.6 Å². The number of rotatable bonds is 4. The zero-order valence-electron chi connectivity index (χ0n) is 14.3. The second-order valence-corrected chi connectivity index (χ2v) is 6.58. The molecule has 2 aliphatic rings. The fourth-order valence-electron chi connectivity index (χ4n) is 3.73. The van der Waals surface area contributed by atoms with Gasteiger partial charge in [-0.05, 0) is 49.8 Å². The number of hydrogen-bond acceptors (Lipinski definition) is 4. The van der Waals surface area contributed by atoms with Crippen LogP contribution in [-0.4, -0.2) is 25.3 Å². The lowest BCUT2D eigenvalue weighted by Crippen LogP contribution is -2.42. The molecule has 4 heteroatoms. The summed E-state index contributed by atoms with van der Waals surface area (Å²) in [6, 6.07) is 6.30. The van der Waals surface area contributed by atoms with Crippen molar-refractivity contribution in [1.29, 1.82) is 0 Å². The van der Waals surface area contributed by atoms with E-state index in [9.17, 15) is 4.79 Å². The van der Waals surface area contributed by atoms with Crippen LogP contribution < -0.4 is 4.74 Å². The predicted octanol–water partition coefficient (Wildman–Crippen LogP) is 3.56. The molecular formula is C19H24O4. The summed E-state index contributed by atoms with van der Waals surface area (Å²) in [6.45, 7) is 6.29. The Kier molecular flexibility index (Phi) is 4.19. The Morgan fingerprint density at radius 2 is 2.13 bits per heavy atom. The van der Waals surface area contributed by atoms with Crippen LogP contribution in [0.4, 0.5) is 0 Å². The lowest BCUT2D eigenvalue weighted by Gasteiger charge is -2.36. The van der Waals surface area contributed by atoms with Crippen molar-refractivity contribution in [2.24, 2.45) is 5.92 Å². The van der Waals surface area contributed by atoms with Gasteiger partial charge in [0.2, 0.25) is 0 Å². The van der Waals surface area contributed by atoms with Crippen LogP contribution in [0.1, 0.15) is 37.8 Å². The molecule has 1 aromatic carbocycles. The van der Waals surface area contributed by atoms with Crippen LogP contribution in [0.15, 0.2) is 29.5 Å². The molecule has 23 heavy (non-hydrogen) atoms. The highest BCUT2D eigenvalue weighted by Crippen LogP contribution is 2.46. The topological polar surface area (TPSA) is 44.8 Å². The second-order valence-electron chi connectivity index (χ2n) is 6.58. The minimum absolute atomic E-state index is 0.172. The van der Waals surface area contributed by atoms with Crippen molar-refractivity contribution in [3.63, 3.8) is 0 Å². The van der Waals surface area contributed by atoms with Gasteiger partial charge in [0.1, 0.15) is 17.1 Å². The van der Waals surface area contributed by atoms with Crippen molar-refractivity contribution < 1.29 is 19.0 Å². The van der Waals surface area contributed by atoms with Gasteiger partial charge in [0.25, 0.3) is 0 Å². The molecule has 1 fully saturated rings. The van der Waals surface area contributed by atoms with E-state index in [1.165, 1.54) is 5.56 Å². The standard InChI is InChI=1S/C19H24O4/c1-12-5-6-15(10-17(12)21-4)9-13(2)19-8-7-16(20)14(3)18(19)22-11-23-19/h5-6,10,13H,7-9,11H2,1-4H3/t13?,19-/m1/s1. The highest BCUT2D eigenvalue weighted by atomic mass is 16.7. The maximum Gasteiger partial charge on any atom is 0.189 e. The first-order valence-electron chi connectivity index (χ1n) is 8.13. The third kappa shape index (κ3) is 2.65. The molecule has 3 rings (SSSR count). The fourth-order valence-corrected chi connectivity index (χ4v) is 3.73. The van der Waals surface area contributed by atoms with Crippen LogP contribution in [0.2, 0.25) is 0 Å². The summed E-state index contributed by atoms with van der Waals surface area (Å²) < 4.78 is 17.1. The maximum absolute atomic E-state index is 12.0. The summed E-state index contributed by atoms with van der Waals surface area (Å²) in [5.41, 5.74) is 2.60. The zero-order chi connectivity index (χ0) is 16.6. The summed E-state index contributed by atoms with van der Waals surface area (Å²) in [5.74, 6) is 2.04. The molecule has 1 aliphatic heterocycles. The summed E-state index contributed by atoms with van der Waals surface area (Å²) in [4.78, 5) is 12.0. The van der Waals surface area contributed by atoms with Crippen LogP contribution in [0.25, 0.3) is 0 Å². The number of hydrogen-bond donors (Lipinski definition) is 0. The summed E-state index contributed by atoms with van der Waals surface area (Å²) in [6.07, 6.45) is 2.08. The quantitative estimate of drug-likeness (QED) is 0.852. The van der Waals surface area contributed by atoms with Gasteiger partial charge < -0.3 is 14.2 Å². The molecule has 0 aromatic heterocycles. The molecule has 1 heterocycles. The first-order chi connectivity index (χ1) is 11.0. The number of fused-ring (bicyclic) bond motifs is 1. The van der Waals surface area contributed by atoms with E-state index < -0.39 is 5.60 Å². The van der Waals surface area contributed by atoms with Gasteiger partial charge in [-0.25, -0.2) is 0 Å². The van der Waals surface area contributed by atoms with Gasteiger partial charge >= 0.3 is 0 Å². The van der Waals surface area contributed by atoms with Crippen LogP contribution in [-0.2, 0) is 20.7 Å². The lowest BCUT2D eigenvalue weighted by molar-refractivity contribution is -0.119. The number of carbonyl (C=O) groups excluding carboxylic acids is 1. The average Bonchev–Trinajstić information content (AvgIpc) is 2.99. The lowest BCUT2D eigenvalue weighted by atomic mass is 9.74. The molecule has 0 saturated carbocycles. The van der Waals surface area contributed by atoms with Crippen LogP contribution in [0.5, 0.6) is 5.75 Å². The Labute approximate surface area is 137 Å². The van der Waals surface area contributed by atoms with Gasteiger partial charge in [-0.15, -0.1) is 0 Å². The summed E-state index contributed by atoms with van der Waals surface area (Å²) >= 11 is 0. The van der Waals surface area contributed by atoms with E-state index >= 15 is 0 Å². The summed E-state index contributed by atoms with van der Waals surface area (Å²) in [5, 5.41) is 0. The van der Waals surface area contributed by atoms with E-state index in [1.807, 2.05) is 13.8 Å². The first-order valence-corrected chi connectivity index (χ1v) is 8.13. The maximum atomic E-state index is 12.0. The zero-order valence-corrected chi connectivity index (χ0v) is 14.3. The molecule has 0 spiro atoms. The number of methoxy groups -OCH3 is 1. The Morgan fingerprint density at radius 3 is 2.87 bits per heavy atom. The molecule has 1 unspecified atom stereocenters. The van der Waals surface area contributed by atoms with Gasteiger partial charge in [0.05, 0.1) is 7.11 Å². The van der Waals surface area contributed by atoms with Gasteiger partial charge in [-0.1, -0.05) is 19.1 Å². The number of aryl methyl sites for hydroxylation is 1. The monoisotopic (exact) mass is 316 g/mol. The average molecular weight is 316 g/mol. The van der Waals surface area contributed by atoms with Crippen molar-refractivity contribution in [3.05, 3.63) is 40.7 Å². The van der Waals surface area contributed by atoms with E-state index in [0.717, 1.165) is 29.1 Å². The number of ether oxygens (including phenoxy) is 3. The SMILES string of the molecule is COc1cc(CC(C)[C@]23CCC(=O)C(C)=C2OCO3)ccc1C. The van der Waals surface area contributed by atoms with Gasteiger partial charge in [-0.3, -0.25) is 4.79 Å². The normalized spacial score (nSPS) is 25.1. The summed E-state index contributed by atoms with van der Waals surface area (Å²) in [7, 11) is 1.69. The van der Waals surface area contributed by atoms with E-state index in [-0.39, 0.29) is 18.5 Å². The minimum atomic E-state index is -0.462. The van der Waals surface area contributed by atoms with E-state index in [4.69, 9.17) is 14.2 Å². The number of ketones is 1. The molecule has 0 bridgehead atoms. The Morgan fingerprint density at radius 1 is 1.35 bits per heavy atom. The highest BCUT2D eigenvalue weighted by Gasteiger charge is 2.50. The Bertz CT molecular complexity index is 661. The molecule has 0 N–H and O–H groups in total. The van der Waals surface area contributed by atoms with Crippen LogP contribution >= 0.6 is 0 Å². The Hall–Kier alpha value is -1.81. The smallest absolute Gasteiger partial charge is 0.189 e. The molecule has 124 valence electrons. The molecule has 0 amide bonds. The number of allylic oxidation sites excluding steroid dienone is 1. The van der Waals surface area contributed by atoms with E-state index in [1.54, 1.807) is 7.11 Å². The molecule has 1 saturated heterocycles. The first kappa shape index (κ1) is 16.1. The highest BCUT2D eigenvalue weighted by molar-refractivity contribution is 5.96. The second kappa shape index (κ2) is 6.00. The molecule has 4 nitrogen and oxygen atoms in total. The van der Waals surface area contributed by atoms with Gasteiger partial charge in [0, 0.05) is 12.0 Å². The van der Waals surface area contributed by atoms with Gasteiger partial charge in [-0.2, -0.15) is 0 Å². The van der Waals surface area contributed by atoms with E-state index in [2.05, 4.69) is 25.1 Å². The van der Waals surface area contributed by atoms with Crippen molar-refractivity contribution >= 4 is 5.78 Å². The van der Waals surface area contributed by atoms with E-state index in [0.29, 0.717) is 12.8 Å². The number of Topliss-reactive ketones (excluding diaryl/α,β-unsaturated/α-hetero) is 1. The fraction of sp³-hybridized carbons (Fsp3) is 0.526. The minimum Gasteiger partial charge on any atom is -0.496 e. The molecule has 2 atom stereocenters. The van der Waals surface area contributed by atoms with Crippen LogP contribution in [0, 0.1) is 12.8 Å². The van der Waals surface area contributed by atoms with Crippen molar-refractivity contribution in [3.8, 4) is 5.75 Å².